The number of hydrogen-bond donors (Lipinski definition) is 1. The first-order valence-corrected chi connectivity index (χ1v) is 5.20. The Morgan fingerprint density at radius 2 is 2.12 bits per heavy atom. The number of nitrogens with one attached hydrogen (secondary N) is 1. The third-order valence-corrected chi connectivity index (χ3v) is 2.65. The van der Waals surface area contributed by atoms with E-state index < -0.39 is 4.92 Å². The molecule has 2 rings (SSSR count). The van der Waals surface area contributed by atoms with Crippen LogP contribution < -0.4 is 5.32 Å². The average molecular weight is 218 g/mol. The van der Waals surface area contributed by atoms with Crippen LogP contribution in [-0.4, -0.2) is 10.5 Å². The summed E-state index contributed by atoms with van der Waals surface area (Å²) in [6, 6.07) is 7.79. The van der Waals surface area contributed by atoms with Gasteiger partial charge in [0.1, 0.15) is 5.70 Å². The van der Waals surface area contributed by atoms with Crippen LogP contribution in [0.15, 0.2) is 30.5 Å². The van der Waals surface area contributed by atoms with Gasteiger partial charge in [-0.2, -0.15) is 0 Å². The smallest absolute Gasteiger partial charge is 0.258 e. The van der Waals surface area contributed by atoms with E-state index in [1.807, 2.05) is 38.1 Å². The first-order valence-electron chi connectivity index (χ1n) is 5.20. The second-order valence-corrected chi connectivity index (χ2v) is 4.67. The van der Waals surface area contributed by atoms with Crippen LogP contribution in [0.5, 0.6) is 0 Å². The third-order valence-electron chi connectivity index (χ3n) is 2.65. The summed E-state index contributed by atoms with van der Waals surface area (Å²) >= 11 is 0. The van der Waals surface area contributed by atoms with E-state index in [4.69, 9.17) is 0 Å². The summed E-state index contributed by atoms with van der Waals surface area (Å²) in [5, 5.41) is 13.8. The molecular formula is C12H14N2O2. The Bertz CT molecular complexity index is 464. The summed E-state index contributed by atoms with van der Waals surface area (Å²) in [6.45, 7) is 4.08. The summed E-state index contributed by atoms with van der Waals surface area (Å²) in [7, 11) is 0. The molecule has 0 bridgehead atoms. The fourth-order valence-corrected chi connectivity index (χ4v) is 2.10. The standard InChI is InChI=1S/C12H14N2O2/c1-12(2)7-9-5-3-4-6-10(9)11(13-12)8-14(15)16/h3-6,8,13H,7H2,1-2H3/b11-8+. The van der Waals surface area contributed by atoms with E-state index in [0.717, 1.165) is 23.7 Å². The van der Waals surface area contributed by atoms with Gasteiger partial charge in [-0.25, -0.2) is 0 Å². The number of hydrogen-bond acceptors (Lipinski definition) is 3. The molecule has 0 amide bonds. The molecule has 1 heterocycles. The number of nitrogens with zero attached hydrogens (tertiary/aromatic N) is 1. The highest BCUT2D eigenvalue weighted by atomic mass is 16.6. The van der Waals surface area contributed by atoms with Gasteiger partial charge in [-0.1, -0.05) is 24.3 Å². The van der Waals surface area contributed by atoms with Crippen LogP contribution in [-0.2, 0) is 6.42 Å². The van der Waals surface area contributed by atoms with E-state index >= 15 is 0 Å². The minimum atomic E-state index is -0.416. The van der Waals surface area contributed by atoms with Gasteiger partial charge in [0.2, 0.25) is 0 Å². The van der Waals surface area contributed by atoms with Crippen LogP contribution in [0.2, 0.25) is 0 Å². The van der Waals surface area contributed by atoms with E-state index in [2.05, 4.69) is 5.32 Å². The zero-order valence-corrected chi connectivity index (χ0v) is 9.36. The van der Waals surface area contributed by atoms with Gasteiger partial charge in [-0.3, -0.25) is 10.1 Å². The molecule has 1 N–H and O–H groups in total. The molecule has 4 nitrogen and oxygen atoms in total. The van der Waals surface area contributed by atoms with E-state index in [0.29, 0.717) is 5.70 Å². The highest BCUT2D eigenvalue weighted by molar-refractivity contribution is 5.68. The predicted octanol–water partition coefficient (Wildman–Crippen LogP) is 2.19. The van der Waals surface area contributed by atoms with Crippen molar-refractivity contribution < 1.29 is 4.92 Å². The van der Waals surface area contributed by atoms with Gasteiger partial charge < -0.3 is 5.32 Å². The Hall–Kier alpha value is -1.84. The molecule has 84 valence electrons. The Balaban J connectivity index is 2.52. The van der Waals surface area contributed by atoms with Gasteiger partial charge in [-0.15, -0.1) is 0 Å². The second-order valence-electron chi connectivity index (χ2n) is 4.67. The molecule has 0 saturated heterocycles. The predicted molar refractivity (Wildman–Crippen MR) is 62.3 cm³/mol. The summed E-state index contributed by atoms with van der Waals surface area (Å²) in [4.78, 5) is 10.2. The minimum Gasteiger partial charge on any atom is -0.374 e. The van der Waals surface area contributed by atoms with Gasteiger partial charge >= 0.3 is 0 Å². The van der Waals surface area contributed by atoms with E-state index in [-0.39, 0.29) is 5.54 Å². The molecule has 4 heteroatoms. The lowest BCUT2D eigenvalue weighted by Crippen LogP contribution is -2.43. The molecule has 1 aromatic carbocycles. The zero-order chi connectivity index (χ0) is 11.8. The third kappa shape index (κ3) is 2.05. The number of rotatable bonds is 1. The van der Waals surface area contributed by atoms with Crippen molar-refractivity contribution in [3.63, 3.8) is 0 Å². The van der Waals surface area contributed by atoms with E-state index in [1.54, 1.807) is 0 Å². The quantitative estimate of drug-likeness (QED) is 0.580. The van der Waals surface area contributed by atoms with Crippen molar-refractivity contribution in [2.45, 2.75) is 25.8 Å². The van der Waals surface area contributed by atoms with Crippen molar-refractivity contribution in [1.82, 2.24) is 5.32 Å². The second kappa shape index (κ2) is 3.63. The molecule has 1 aromatic rings. The molecule has 0 fully saturated rings. The Morgan fingerprint density at radius 1 is 1.44 bits per heavy atom. The first-order chi connectivity index (χ1) is 7.48. The lowest BCUT2D eigenvalue weighted by Gasteiger charge is -2.34. The summed E-state index contributed by atoms with van der Waals surface area (Å²) in [5.41, 5.74) is 2.53. The van der Waals surface area contributed by atoms with Crippen LogP contribution in [0.4, 0.5) is 0 Å². The van der Waals surface area contributed by atoms with Crippen molar-refractivity contribution in [2.24, 2.45) is 0 Å². The average Bonchev–Trinajstić information content (AvgIpc) is 2.14. The Kier molecular flexibility index (Phi) is 2.42. The summed E-state index contributed by atoms with van der Waals surface area (Å²) < 4.78 is 0. The molecule has 16 heavy (non-hydrogen) atoms. The van der Waals surface area contributed by atoms with Crippen molar-refractivity contribution in [3.8, 4) is 0 Å². The van der Waals surface area contributed by atoms with Crippen molar-refractivity contribution >= 4 is 5.70 Å². The van der Waals surface area contributed by atoms with Crippen LogP contribution in [0.1, 0.15) is 25.0 Å². The highest BCUT2D eigenvalue weighted by Gasteiger charge is 2.28. The van der Waals surface area contributed by atoms with Gasteiger partial charge in [-0.05, 0) is 25.8 Å². The largest absolute Gasteiger partial charge is 0.374 e. The fourth-order valence-electron chi connectivity index (χ4n) is 2.10. The first kappa shape index (κ1) is 10.7. The van der Waals surface area contributed by atoms with Crippen molar-refractivity contribution in [2.75, 3.05) is 0 Å². The summed E-state index contributed by atoms with van der Waals surface area (Å²) in [6.07, 6.45) is 1.91. The van der Waals surface area contributed by atoms with Gasteiger partial charge in [0.15, 0.2) is 0 Å². The van der Waals surface area contributed by atoms with Gasteiger partial charge in [0.25, 0.3) is 6.20 Å². The lowest BCUT2D eigenvalue weighted by molar-refractivity contribution is -0.401. The number of benzene rings is 1. The Morgan fingerprint density at radius 3 is 2.81 bits per heavy atom. The maximum Gasteiger partial charge on any atom is 0.258 e. The normalized spacial score (nSPS) is 20.0. The Labute approximate surface area is 94.1 Å². The molecule has 1 aliphatic rings. The highest BCUT2D eigenvalue weighted by Crippen LogP contribution is 2.29. The van der Waals surface area contributed by atoms with Gasteiger partial charge in [0, 0.05) is 11.1 Å². The molecule has 0 saturated carbocycles. The topological polar surface area (TPSA) is 55.2 Å². The molecule has 0 aliphatic carbocycles. The monoisotopic (exact) mass is 218 g/mol. The zero-order valence-electron chi connectivity index (χ0n) is 9.36. The fraction of sp³-hybridized carbons (Fsp3) is 0.333. The van der Waals surface area contributed by atoms with Crippen LogP contribution in [0.3, 0.4) is 0 Å². The van der Waals surface area contributed by atoms with Gasteiger partial charge in [0.05, 0.1) is 4.92 Å². The molecule has 0 atom stereocenters. The molecular weight excluding hydrogens is 204 g/mol. The van der Waals surface area contributed by atoms with Crippen molar-refractivity contribution in [1.29, 1.82) is 0 Å². The molecule has 0 aromatic heterocycles. The number of fused-ring (bicyclic) bond motifs is 1. The maximum absolute atomic E-state index is 10.6. The van der Waals surface area contributed by atoms with E-state index in [9.17, 15) is 10.1 Å². The summed E-state index contributed by atoms with van der Waals surface area (Å²) in [5.74, 6) is 0. The molecule has 0 radical (unpaired) electrons. The van der Waals surface area contributed by atoms with Crippen LogP contribution in [0, 0.1) is 10.1 Å². The SMILES string of the molecule is CC1(C)Cc2ccccc2/C(=C\[N+](=O)[O-])N1. The van der Waals surface area contributed by atoms with Crippen molar-refractivity contribution in [3.05, 3.63) is 51.7 Å². The van der Waals surface area contributed by atoms with Crippen LogP contribution in [0.25, 0.3) is 5.70 Å². The molecule has 0 spiro atoms. The lowest BCUT2D eigenvalue weighted by atomic mass is 9.86. The number of nitro groups is 1. The maximum atomic E-state index is 10.6. The van der Waals surface area contributed by atoms with E-state index in [1.165, 1.54) is 0 Å². The minimum absolute atomic E-state index is 0.143. The van der Waals surface area contributed by atoms with Crippen LogP contribution >= 0.6 is 0 Å². The molecule has 0 unspecified atom stereocenters. The molecule has 1 aliphatic heterocycles.